The number of hydrogen-bond acceptors (Lipinski definition) is 6. The number of nitrogens with zero attached hydrogens (tertiary/aromatic N) is 1. The maximum Gasteiger partial charge on any atom is 0.327 e. The quantitative estimate of drug-likeness (QED) is 0.602. The molecule has 7 heteroatoms. The number of methoxy groups -OCH3 is 1. The summed E-state index contributed by atoms with van der Waals surface area (Å²) in [7, 11) is 2.69. The Morgan fingerprint density at radius 1 is 1.10 bits per heavy atom. The summed E-state index contributed by atoms with van der Waals surface area (Å²) in [5, 5.41) is 13.6. The van der Waals surface area contributed by atoms with Crippen molar-refractivity contribution in [2.75, 3.05) is 14.2 Å². The second-order valence-electron chi connectivity index (χ2n) is 7.55. The van der Waals surface area contributed by atoms with Gasteiger partial charge in [-0.15, -0.1) is 0 Å². The highest BCUT2D eigenvalue weighted by Gasteiger charge is 2.68. The van der Waals surface area contributed by atoms with Gasteiger partial charge in [0.05, 0.1) is 18.9 Å². The van der Waals surface area contributed by atoms with Crippen molar-refractivity contribution in [1.29, 1.82) is 0 Å². The fourth-order valence-corrected chi connectivity index (χ4v) is 4.69. The van der Waals surface area contributed by atoms with Crippen molar-refractivity contribution in [3.8, 4) is 5.75 Å². The number of aromatic hydroxyl groups is 1. The minimum atomic E-state index is -1.43. The molecule has 0 bridgehead atoms. The highest BCUT2D eigenvalue weighted by atomic mass is 16.5. The number of phenolic OH excluding ortho intramolecular Hbond substituents is 1. The first-order valence-electron chi connectivity index (χ1n) is 9.40. The number of rotatable bonds is 4. The van der Waals surface area contributed by atoms with E-state index in [9.17, 15) is 19.5 Å². The summed E-state index contributed by atoms with van der Waals surface area (Å²) in [6, 6.07) is 15.2. The lowest BCUT2D eigenvalue weighted by Gasteiger charge is -2.32. The maximum absolute atomic E-state index is 13.1. The number of likely N-dealkylation sites (tertiary alicyclic amines) is 1. The molecule has 150 valence electrons. The van der Waals surface area contributed by atoms with Crippen LogP contribution in [0.25, 0.3) is 0 Å². The maximum atomic E-state index is 13.1. The Labute approximate surface area is 168 Å². The van der Waals surface area contributed by atoms with Gasteiger partial charge >= 0.3 is 5.97 Å². The molecule has 2 aromatic rings. The van der Waals surface area contributed by atoms with Gasteiger partial charge in [0.2, 0.25) is 11.8 Å². The van der Waals surface area contributed by atoms with Crippen LogP contribution in [0.2, 0.25) is 0 Å². The zero-order chi connectivity index (χ0) is 20.8. The molecule has 2 aliphatic rings. The second kappa shape index (κ2) is 7.00. The van der Waals surface area contributed by atoms with Gasteiger partial charge in [0.15, 0.2) is 0 Å². The molecule has 4 rings (SSSR count). The van der Waals surface area contributed by atoms with Gasteiger partial charge in [0.25, 0.3) is 0 Å². The van der Waals surface area contributed by atoms with E-state index >= 15 is 0 Å². The van der Waals surface area contributed by atoms with E-state index in [4.69, 9.17) is 4.74 Å². The Hall–Kier alpha value is -3.19. The van der Waals surface area contributed by atoms with Crippen LogP contribution in [0.15, 0.2) is 54.6 Å². The minimum absolute atomic E-state index is 0.000992. The van der Waals surface area contributed by atoms with Gasteiger partial charge in [-0.05, 0) is 11.6 Å². The Morgan fingerprint density at radius 2 is 1.76 bits per heavy atom. The number of para-hydroxylation sites is 1. The number of carbonyl (C=O) groups excluding carboxylic acids is 3. The molecule has 2 aliphatic heterocycles. The number of amides is 2. The summed E-state index contributed by atoms with van der Waals surface area (Å²) in [6.07, 6.45) is 0.179. The van der Waals surface area contributed by atoms with Crippen LogP contribution in [0.1, 0.15) is 17.2 Å². The Morgan fingerprint density at radius 3 is 2.41 bits per heavy atom. The molecule has 2 saturated heterocycles. The summed E-state index contributed by atoms with van der Waals surface area (Å²) in [4.78, 5) is 40.2. The topological polar surface area (TPSA) is 95.9 Å². The molecular formula is C22H22N2O5. The fourth-order valence-electron chi connectivity index (χ4n) is 4.69. The number of imide groups is 1. The van der Waals surface area contributed by atoms with Crippen LogP contribution in [0.4, 0.5) is 0 Å². The standard InChI is InChI=1S/C22H22N2O5/c1-24-19(26)16-17(20(24)27)22(21(28)29-2,12-13-8-4-3-5-9-13)23-18(16)14-10-6-7-11-15(14)25/h3-11,16-18,23,25H,12H2,1-2H3/t16-,17-,18-,22-/m1/s1. The molecule has 0 radical (unpaired) electrons. The van der Waals surface area contributed by atoms with Crippen molar-refractivity contribution in [3.63, 3.8) is 0 Å². The molecule has 2 fully saturated rings. The highest BCUT2D eigenvalue weighted by Crippen LogP contribution is 2.51. The van der Waals surface area contributed by atoms with Crippen molar-refractivity contribution >= 4 is 17.8 Å². The summed E-state index contributed by atoms with van der Waals surface area (Å²) < 4.78 is 5.11. The SMILES string of the molecule is COC(=O)[C@]1(Cc2ccccc2)N[C@H](c2ccccc2O)[C@@H]2C(=O)N(C)C(=O)[C@@H]21. The number of phenols is 1. The van der Waals surface area contributed by atoms with Crippen LogP contribution in [-0.2, 0) is 25.5 Å². The zero-order valence-corrected chi connectivity index (χ0v) is 16.2. The van der Waals surface area contributed by atoms with E-state index in [0.29, 0.717) is 5.56 Å². The van der Waals surface area contributed by atoms with Gasteiger partial charge in [0.1, 0.15) is 11.3 Å². The van der Waals surface area contributed by atoms with Crippen LogP contribution in [-0.4, -0.2) is 47.5 Å². The first-order chi connectivity index (χ1) is 13.9. The monoisotopic (exact) mass is 394 g/mol. The van der Waals surface area contributed by atoms with Gasteiger partial charge in [0, 0.05) is 25.1 Å². The number of ether oxygens (including phenoxy) is 1. The molecule has 0 spiro atoms. The molecule has 0 aromatic heterocycles. The zero-order valence-electron chi connectivity index (χ0n) is 16.2. The first kappa shape index (κ1) is 19.1. The molecule has 0 aliphatic carbocycles. The number of benzene rings is 2. The van der Waals surface area contributed by atoms with E-state index in [-0.39, 0.29) is 18.1 Å². The smallest absolute Gasteiger partial charge is 0.327 e. The van der Waals surface area contributed by atoms with Gasteiger partial charge in [-0.3, -0.25) is 24.6 Å². The molecule has 0 saturated carbocycles. The number of carbonyl (C=O) groups is 3. The summed E-state index contributed by atoms with van der Waals surface area (Å²) in [5.74, 6) is -3.16. The van der Waals surface area contributed by atoms with Crippen molar-refractivity contribution in [1.82, 2.24) is 10.2 Å². The number of esters is 1. The lowest BCUT2D eigenvalue weighted by Crippen LogP contribution is -2.57. The number of fused-ring (bicyclic) bond motifs is 1. The Kier molecular flexibility index (Phi) is 4.62. The van der Waals surface area contributed by atoms with E-state index in [1.807, 2.05) is 30.3 Å². The van der Waals surface area contributed by atoms with Gasteiger partial charge < -0.3 is 9.84 Å². The molecular weight excluding hydrogens is 372 g/mol. The normalized spacial score (nSPS) is 28.5. The Bertz CT molecular complexity index is 976. The van der Waals surface area contributed by atoms with Crippen molar-refractivity contribution < 1.29 is 24.2 Å². The molecule has 2 N–H and O–H groups in total. The van der Waals surface area contributed by atoms with E-state index in [1.165, 1.54) is 20.2 Å². The summed E-state index contributed by atoms with van der Waals surface area (Å²) in [5.41, 5.74) is -0.125. The van der Waals surface area contributed by atoms with Crippen molar-refractivity contribution in [2.45, 2.75) is 18.0 Å². The molecule has 0 unspecified atom stereocenters. The third kappa shape index (κ3) is 2.81. The summed E-state index contributed by atoms with van der Waals surface area (Å²) >= 11 is 0. The molecule has 2 heterocycles. The lowest BCUT2D eigenvalue weighted by molar-refractivity contribution is -0.153. The predicted octanol–water partition coefficient (Wildman–Crippen LogP) is 1.42. The van der Waals surface area contributed by atoms with Gasteiger partial charge in [-0.1, -0.05) is 48.5 Å². The fraction of sp³-hybridized carbons (Fsp3) is 0.318. The highest BCUT2D eigenvalue weighted by molar-refractivity contribution is 6.09. The predicted molar refractivity (Wildman–Crippen MR) is 104 cm³/mol. The van der Waals surface area contributed by atoms with Crippen LogP contribution in [0.5, 0.6) is 5.75 Å². The number of nitrogens with one attached hydrogen (secondary N) is 1. The lowest BCUT2D eigenvalue weighted by atomic mass is 9.76. The second-order valence-corrected chi connectivity index (χ2v) is 7.55. The van der Waals surface area contributed by atoms with Crippen LogP contribution < -0.4 is 5.32 Å². The molecule has 29 heavy (non-hydrogen) atoms. The minimum Gasteiger partial charge on any atom is -0.508 e. The molecule has 2 aromatic carbocycles. The van der Waals surface area contributed by atoms with Crippen LogP contribution in [0, 0.1) is 11.8 Å². The van der Waals surface area contributed by atoms with E-state index in [2.05, 4.69) is 5.32 Å². The third-order valence-electron chi connectivity index (χ3n) is 6.02. The number of hydrogen-bond donors (Lipinski definition) is 2. The third-order valence-corrected chi connectivity index (χ3v) is 6.02. The Balaban J connectivity index is 1.88. The van der Waals surface area contributed by atoms with Gasteiger partial charge in [-0.25, -0.2) is 0 Å². The average Bonchev–Trinajstić information content (AvgIpc) is 3.18. The largest absolute Gasteiger partial charge is 0.508 e. The average molecular weight is 394 g/mol. The van der Waals surface area contributed by atoms with E-state index < -0.39 is 35.3 Å². The van der Waals surface area contributed by atoms with E-state index in [0.717, 1.165) is 10.5 Å². The van der Waals surface area contributed by atoms with E-state index in [1.54, 1.807) is 18.2 Å². The van der Waals surface area contributed by atoms with Crippen molar-refractivity contribution in [2.24, 2.45) is 11.8 Å². The molecule has 4 atom stereocenters. The molecule has 2 amide bonds. The van der Waals surface area contributed by atoms with Crippen LogP contribution >= 0.6 is 0 Å². The first-order valence-corrected chi connectivity index (χ1v) is 9.40. The van der Waals surface area contributed by atoms with Crippen LogP contribution in [0.3, 0.4) is 0 Å². The summed E-state index contributed by atoms with van der Waals surface area (Å²) in [6.45, 7) is 0. The van der Waals surface area contributed by atoms with Gasteiger partial charge in [-0.2, -0.15) is 0 Å². The van der Waals surface area contributed by atoms with Crippen molar-refractivity contribution in [3.05, 3.63) is 65.7 Å². The molecule has 7 nitrogen and oxygen atoms in total.